The Morgan fingerprint density at radius 1 is 1.07 bits per heavy atom. The monoisotopic (exact) mass is 363 g/mol. The third kappa shape index (κ3) is 5.32. The lowest BCUT2D eigenvalue weighted by atomic mass is 10.1. The second-order valence-electron chi connectivity index (χ2n) is 6.85. The lowest BCUT2D eigenvalue weighted by molar-refractivity contribution is -0.130. The first-order valence-corrected chi connectivity index (χ1v) is 9.30. The Hall–Kier alpha value is -2.84. The van der Waals surface area contributed by atoms with E-state index in [4.69, 9.17) is 10.00 Å². The van der Waals surface area contributed by atoms with Crippen molar-refractivity contribution in [3.63, 3.8) is 0 Å². The van der Waals surface area contributed by atoms with Crippen molar-refractivity contribution >= 4 is 5.91 Å². The zero-order valence-electron chi connectivity index (χ0n) is 15.7. The van der Waals surface area contributed by atoms with Gasteiger partial charge in [0.25, 0.3) is 0 Å². The van der Waals surface area contributed by atoms with Crippen molar-refractivity contribution in [1.82, 2.24) is 9.80 Å². The van der Waals surface area contributed by atoms with Crippen LogP contribution in [0.4, 0.5) is 0 Å². The van der Waals surface area contributed by atoms with Gasteiger partial charge in [0.1, 0.15) is 5.75 Å². The minimum atomic E-state index is 0.170. The van der Waals surface area contributed by atoms with Crippen LogP contribution in [0.3, 0.4) is 0 Å². The summed E-state index contributed by atoms with van der Waals surface area (Å²) < 4.78 is 5.24. The van der Waals surface area contributed by atoms with Crippen LogP contribution in [-0.2, 0) is 17.8 Å². The molecule has 0 aromatic heterocycles. The number of hydrogen-bond donors (Lipinski definition) is 0. The number of nitrogens with zero attached hydrogens (tertiary/aromatic N) is 3. The van der Waals surface area contributed by atoms with Gasteiger partial charge in [0, 0.05) is 32.7 Å². The van der Waals surface area contributed by atoms with Crippen LogP contribution < -0.4 is 4.74 Å². The first-order valence-electron chi connectivity index (χ1n) is 9.30. The van der Waals surface area contributed by atoms with Gasteiger partial charge in [-0.15, -0.1) is 0 Å². The zero-order valence-corrected chi connectivity index (χ0v) is 15.7. The van der Waals surface area contributed by atoms with Crippen molar-refractivity contribution in [2.24, 2.45) is 0 Å². The summed E-state index contributed by atoms with van der Waals surface area (Å²) in [7, 11) is 1.64. The third-order valence-corrected chi connectivity index (χ3v) is 4.92. The molecule has 1 fully saturated rings. The van der Waals surface area contributed by atoms with Crippen LogP contribution in [0.1, 0.15) is 23.1 Å². The molecule has 0 atom stereocenters. The molecule has 2 aromatic carbocycles. The van der Waals surface area contributed by atoms with Crippen LogP contribution in [0.5, 0.6) is 5.75 Å². The van der Waals surface area contributed by atoms with Crippen LogP contribution in [0.25, 0.3) is 0 Å². The summed E-state index contributed by atoms with van der Waals surface area (Å²) in [6, 6.07) is 17.6. The lowest BCUT2D eigenvalue weighted by Crippen LogP contribution is -2.36. The molecule has 0 spiro atoms. The predicted molar refractivity (Wildman–Crippen MR) is 104 cm³/mol. The highest BCUT2D eigenvalue weighted by Gasteiger charge is 2.19. The molecule has 0 N–H and O–H groups in total. The summed E-state index contributed by atoms with van der Waals surface area (Å²) in [5.41, 5.74) is 2.87. The predicted octanol–water partition coefficient (Wildman–Crippen LogP) is 2.84. The van der Waals surface area contributed by atoms with E-state index in [2.05, 4.69) is 11.0 Å². The minimum Gasteiger partial charge on any atom is -0.497 e. The SMILES string of the molecule is COc1cccc(CC(=O)N2CCCN(Cc3ccc(C#N)cc3)CC2)c1. The maximum absolute atomic E-state index is 12.7. The van der Waals surface area contributed by atoms with E-state index in [0.717, 1.165) is 50.5 Å². The van der Waals surface area contributed by atoms with Crippen LogP contribution in [-0.4, -0.2) is 49.0 Å². The van der Waals surface area contributed by atoms with Gasteiger partial charge < -0.3 is 9.64 Å². The van der Waals surface area contributed by atoms with E-state index in [9.17, 15) is 4.79 Å². The number of benzene rings is 2. The van der Waals surface area contributed by atoms with E-state index in [1.807, 2.05) is 53.4 Å². The molecule has 5 heteroatoms. The Kier molecular flexibility index (Phi) is 6.45. The van der Waals surface area contributed by atoms with Crippen molar-refractivity contribution in [3.8, 4) is 11.8 Å². The molecular formula is C22H25N3O2. The largest absolute Gasteiger partial charge is 0.497 e. The van der Waals surface area contributed by atoms with Gasteiger partial charge in [-0.3, -0.25) is 9.69 Å². The number of methoxy groups -OCH3 is 1. The molecule has 27 heavy (non-hydrogen) atoms. The Bertz CT molecular complexity index is 811. The second kappa shape index (κ2) is 9.20. The Morgan fingerprint density at radius 2 is 1.89 bits per heavy atom. The van der Waals surface area contributed by atoms with Gasteiger partial charge in [0.05, 0.1) is 25.2 Å². The summed E-state index contributed by atoms with van der Waals surface area (Å²) in [6.45, 7) is 4.24. The van der Waals surface area contributed by atoms with Crippen molar-refractivity contribution in [1.29, 1.82) is 5.26 Å². The Labute approximate surface area is 160 Å². The van der Waals surface area contributed by atoms with E-state index in [1.54, 1.807) is 7.11 Å². The summed E-state index contributed by atoms with van der Waals surface area (Å²) in [5, 5.41) is 8.90. The van der Waals surface area contributed by atoms with Gasteiger partial charge >= 0.3 is 0 Å². The van der Waals surface area contributed by atoms with E-state index in [-0.39, 0.29) is 5.91 Å². The molecule has 0 bridgehead atoms. The first kappa shape index (κ1) is 18.9. The maximum Gasteiger partial charge on any atom is 0.227 e. The molecule has 140 valence electrons. The van der Waals surface area contributed by atoms with E-state index in [1.165, 1.54) is 5.56 Å². The molecule has 3 rings (SSSR count). The summed E-state index contributed by atoms with van der Waals surface area (Å²) in [5.74, 6) is 0.952. The standard InChI is InChI=1S/C22H25N3O2/c1-27-21-5-2-4-20(14-21)15-22(26)25-11-3-10-24(12-13-25)17-19-8-6-18(16-23)7-9-19/h2,4-9,14H,3,10-13,15,17H2,1H3. The minimum absolute atomic E-state index is 0.170. The molecule has 0 radical (unpaired) electrons. The molecule has 1 aliphatic rings. The fraction of sp³-hybridized carbons (Fsp3) is 0.364. The molecule has 0 aliphatic carbocycles. The average Bonchev–Trinajstić information content (AvgIpc) is 2.94. The zero-order chi connectivity index (χ0) is 19.1. The fourth-order valence-electron chi connectivity index (χ4n) is 3.39. The van der Waals surface area contributed by atoms with Gasteiger partial charge in [-0.1, -0.05) is 24.3 Å². The molecular weight excluding hydrogens is 338 g/mol. The van der Waals surface area contributed by atoms with E-state index in [0.29, 0.717) is 12.0 Å². The Balaban J connectivity index is 1.54. The second-order valence-corrected chi connectivity index (χ2v) is 6.85. The van der Waals surface area contributed by atoms with Crippen LogP contribution >= 0.6 is 0 Å². The summed E-state index contributed by atoms with van der Waals surface area (Å²) >= 11 is 0. The van der Waals surface area contributed by atoms with Crippen LogP contribution in [0.15, 0.2) is 48.5 Å². The van der Waals surface area contributed by atoms with Crippen LogP contribution in [0, 0.1) is 11.3 Å². The molecule has 1 saturated heterocycles. The molecule has 1 amide bonds. The number of ether oxygens (including phenoxy) is 1. The summed E-state index contributed by atoms with van der Waals surface area (Å²) in [6.07, 6.45) is 1.38. The quantitative estimate of drug-likeness (QED) is 0.820. The van der Waals surface area contributed by atoms with Gasteiger partial charge in [-0.25, -0.2) is 0 Å². The van der Waals surface area contributed by atoms with Crippen molar-refractivity contribution in [3.05, 3.63) is 65.2 Å². The Morgan fingerprint density at radius 3 is 2.63 bits per heavy atom. The summed E-state index contributed by atoms with van der Waals surface area (Å²) in [4.78, 5) is 17.0. The van der Waals surface area contributed by atoms with E-state index >= 15 is 0 Å². The fourth-order valence-corrected chi connectivity index (χ4v) is 3.39. The smallest absolute Gasteiger partial charge is 0.227 e. The number of amides is 1. The third-order valence-electron chi connectivity index (χ3n) is 4.92. The van der Waals surface area contributed by atoms with E-state index < -0.39 is 0 Å². The van der Waals surface area contributed by atoms with Crippen LogP contribution in [0.2, 0.25) is 0 Å². The lowest BCUT2D eigenvalue weighted by Gasteiger charge is -2.22. The molecule has 2 aromatic rings. The number of rotatable bonds is 5. The van der Waals surface area contributed by atoms with Gasteiger partial charge in [-0.05, 0) is 41.8 Å². The number of carbonyl (C=O) groups excluding carboxylic acids is 1. The average molecular weight is 363 g/mol. The maximum atomic E-state index is 12.7. The van der Waals surface area contributed by atoms with Crippen molar-refractivity contribution in [2.45, 2.75) is 19.4 Å². The molecule has 5 nitrogen and oxygen atoms in total. The number of hydrogen-bond acceptors (Lipinski definition) is 4. The van der Waals surface area contributed by atoms with Crippen molar-refractivity contribution in [2.75, 3.05) is 33.3 Å². The highest BCUT2D eigenvalue weighted by molar-refractivity contribution is 5.79. The molecule has 1 aliphatic heterocycles. The topological polar surface area (TPSA) is 56.6 Å². The number of carbonyl (C=O) groups is 1. The first-order chi connectivity index (χ1) is 13.2. The van der Waals surface area contributed by atoms with Gasteiger partial charge in [0.15, 0.2) is 0 Å². The molecule has 1 heterocycles. The van der Waals surface area contributed by atoms with Gasteiger partial charge in [0.2, 0.25) is 5.91 Å². The molecule has 0 saturated carbocycles. The molecule has 0 unspecified atom stereocenters. The number of nitriles is 1. The van der Waals surface area contributed by atoms with Crippen molar-refractivity contribution < 1.29 is 9.53 Å². The highest BCUT2D eigenvalue weighted by atomic mass is 16.5. The van der Waals surface area contributed by atoms with Gasteiger partial charge in [-0.2, -0.15) is 5.26 Å². The normalized spacial score (nSPS) is 15.0. The highest BCUT2D eigenvalue weighted by Crippen LogP contribution is 2.15.